The van der Waals surface area contributed by atoms with Gasteiger partial charge < -0.3 is 15.0 Å². The predicted octanol–water partition coefficient (Wildman–Crippen LogP) is 1.74. The molecule has 0 saturated carbocycles. The van der Waals surface area contributed by atoms with Crippen molar-refractivity contribution in [1.29, 1.82) is 0 Å². The van der Waals surface area contributed by atoms with Crippen molar-refractivity contribution in [3.63, 3.8) is 0 Å². The Labute approximate surface area is 140 Å². The summed E-state index contributed by atoms with van der Waals surface area (Å²) >= 11 is 0. The third kappa shape index (κ3) is 5.38. The average molecular weight is 335 g/mol. The number of methoxy groups -OCH3 is 1. The van der Waals surface area contributed by atoms with Crippen molar-refractivity contribution < 1.29 is 19.2 Å². The van der Waals surface area contributed by atoms with E-state index in [1.807, 2.05) is 6.92 Å². The van der Waals surface area contributed by atoms with E-state index in [2.05, 4.69) is 10.1 Å². The Morgan fingerprint density at radius 2 is 2.12 bits per heavy atom. The lowest BCUT2D eigenvalue weighted by Crippen LogP contribution is -2.36. The zero-order chi connectivity index (χ0) is 18.1. The molecule has 0 fully saturated rings. The lowest BCUT2D eigenvalue weighted by atomic mass is 10.1. The summed E-state index contributed by atoms with van der Waals surface area (Å²) in [5, 5.41) is 13.9. The van der Waals surface area contributed by atoms with Gasteiger partial charge in [0.15, 0.2) is 0 Å². The summed E-state index contributed by atoms with van der Waals surface area (Å²) in [4.78, 5) is 35.3. The van der Waals surface area contributed by atoms with Gasteiger partial charge in [-0.3, -0.25) is 14.9 Å². The van der Waals surface area contributed by atoms with Gasteiger partial charge in [-0.15, -0.1) is 0 Å². The number of amides is 1. The smallest absolute Gasteiger partial charge is 0.330 e. The van der Waals surface area contributed by atoms with E-state index in [1.54, 1.807) is 17.0 Å². The quantitative estimate of drug-likeness (QED) is 0.336. The van der Waals surface area contributed by atoms with Gasteiger partial charge in [0.05, 0.1) is 18.6 Å². The molecular formula is C16H21N3O5. The van der Waals surface area contributed by atoms with Gasteiger partial charge in [-0.2, -0.15) is 0 Å². The maximum absolute atomic E-state index is 11.6. The summed E-state index contributed by atoms with van der Waals surface area (Å²) in [6.07, 6.45) is 3.36. The molecule has 0 radical (unpaired) electrons. The second-order valence-corrected chi connectivity index (χ2v) is 4.96. The molecule has 24 heavy (non-hydrogen) atoms. The van der Waals surface area contributed by atoms with Crippen LogP contribution >= 0.6 is 0 Å². The van der Waals surface area contributed by atoms with E-state index in [4.69, 9.17) is 0 Å². The minimum Gasteiger partial charge on any atom is -0.466 e. The van der Waals surface area contributed by atoms with Crippen LogP contribution in [0.2, 0.25) is 0 Å². The molecule has 0 aliphatic carbocycles. The number of rotatable bonds is 8. The van der Waals surface area contributed by atoms with E-state index >= 15 is 0 Å². The van der Waals surface area contributed by atoms with E-state index in [-0.39, 0.29) is 18.1 Å². The fourth-order valence-electron chi connectivity index (χ4n) is 2.10. The van der Waals surface area contributed by atoms with Crippen molar-refractivity contribution in [1.82, 2.24) is 5.32 Å². The van der Waals surface area contributed by atoms with Crippen LogP contribution in [0.25, 0.3) is 6.08 Å². The van der Waals surface area contributed by atoms with E-state index in [0.717, 1.165) is 6.42 Å². The minimum atomic E-state index is -0.547. The monoisotopic (exact) mass is 335 g/mol. The van der Waals surface area contributed by atoms with Crippen LogP contribution in [0.5, 0.6) is 0 Å². The number of anilines is 1. The molecule has 0 bridgehead atoms. The van der Waals surface area contributed by atoms with E-state index in [9.17, 15) is 19.7 Å². The molecule has 1 N–H and O–H groups in total. The zero-order valence-corrected chi connectivity index (χ0v) is 13.9. The number of hydrogen-bond acceptors (Lipinski definition) is 6. The molecule has 1 aromatic rings. The first kappa shape index (κ1) is 19.1. The van der Waals surface area contributed by atoms with Crippen molar-refractivity contribution >= 4 is 29.3 Å². The second-order valence-electron chi connectivity index (χ2n) is 4.96. The SMILES string of the molecule is CCCN(CC(=O)NC)c1ccc(C=CC(=O)OC)cc1[N+](=O)[O-]. The predicted molar refractivity (Wildman–Crippen MR) is 90.7 cm³/mol. The van der Waals surface area contributed by atoms with Crippen LogP contribution in [0.3, 0.4) is 0 Å². The van der Waals surface area contributed by atoms with Crippen molar-refractivity contribution in [2.24, 2.45) is 0 Å². The molecule has 130 valence electrons. The van der Waals surface area contributed by atoms with E-state index < -0.39 is 10.9 Å². The standard InChI is InChI=1S/C16H21N3O5/c1-4-9-18(11-15(20)17-2)13-7-5-12(6-8-16(21)24-3)10-14(13)19(22)23/h5-8,10H,4,9,11H2,1-3H3,(H,17,20). The lowest BCUT2D eigenvalue weighted by Gasteiger charge is -2.23. The number of esters is 1. The Kier molecular flexibility index (Phi) is 7.41. The molecule has 1 amide bonds. The molecule has 0 aliphatic heterocycles. The van der Waals surface area contributed by atoms with Crippen molar-refractivity contribution in [2.75, 3.05) is 32.1 Å². The van der Waals surface area contributed by atoms with Gasteiger partial charge in [0.2, 0.25) is 5.91 Å². The minimum absolute atomic E-state index is 0.0303. The molecule has 8 heteroatoms. The molecule has 1 rings (SSSR count). The largest absolute Gasteiger partial charge is 0.466 e. The highest BCUT2D eigenvalue weighted by molar-refractivity contribution is 5.87. The third-order valence-electron chi connectivity index (χ3n) is 3.26. The lowest BCUT2D eigenvalue weighted by molar-refractivity contribution is -0.384. The summed E-state index contributed by atoms with van der Waals surface area (Å²) in [5.74, 6) is -0.777. The van der Waals surface area contributed by atoms with Crippen LogP contribution in [0.1, 0.15) is 18.9 Å². The molecular weight excluding hydrogens is 314 g/mol. The van der Waals surface area contributed by atoms with Crippen LogP contribution < -0.4 is 10.2 Å². The van der Waals surface area contributed by atoms with Gasteiger partial charge in [0.25, 0.3) is 5.69 Å². The number of hydrogen-bond donors (Lipinski definition) is 1. The number of benzene rings is 1. The zero-order valence-electron chi connectivity index (χ0n) is 13.9. The van der Waals surface area contributed by atoms with Gasteiger partial charge in [0.1, 0.15) is 5.69 Å². The fourth-order valence-corrected chi connectivity index (χ4v) is 2.10. The van der Waals surface area contributed by atoms with Gasteiger partial charge in [-0.25, -0.2) is 4.79 Å². The van der Waals surface area contributed by atoms with Crippen LogP contribution in [0.15, 0.2) is 24.3 Å². The van der Waals surface area contributed by atoms with Crippen LogP contribution in [0.4, 0.5) is 11.4 Å². The third-order valence-corrected chi connectivity index (χ3v) is 3.26. The summed E-state index contributed by atoms with van der Waals surface area (Å²) < 4.78 is 4.49. The van der Waals surface area contributed by atoms with Crippen molar-refractivity contribution in [3.8, 4) is 0 Å². The molecule has 0 aliphatic rings. The molecule has 0 unspecified atom stereocenters. The highest BCUT2D eigenvalue weighted by Gasteiger charge is 2.21. The molecule has 0 saturated heterocycles. The van der Waals surface area contributed by atoms with Gasteiger partial charge in [-0.1, -0.05) is 13.0 Å². The first-order chi connectivity index (χ1) is 11.4. The Bertz CT molecular complexity index is 643. The number of carbonyl (C=O) groups excluding carboxylic acids is 2. The molecule has 0 aromatic heterocycles. The van der Waals surface area contributed by atoms with Crippen LogP contribution in [0, 0.1) is 10.1 Å². The number of likely N-dealkylation sites (N-methyl/N-ethyl adjacent to an activating group) is 1. The topological polar surface area (TPSA) is 102 Å². The fraction of sp³-hybridized carbons (Fsp3) is 0.375. The highest BCUT2D eigenvalue weighted by atomic mass is 16.6. The summed E-state index contributed by atoms with van der Waals surface area (Å²) in [6, 6.07) is 4.59. The van der Waals surface area contributed by atoms with E-state index in [0.29, 0.717) is 17.8 Å². The second kappa shape index (κ2) is 9.29. The Balaban J connectivity index is 3.21. The number of nitro benzene ring substituents is 1. The molecule has 1 aromatic carbocycles. The summed E-state index contributed by atoms with van der Waals surface area (Å²) in [6.45, 7) is 2.46. The number of nitrogens with zero attached hydrogens (tertiary/aromatic N) is 2. The summed E-state index contributed by atoms with van der Waals surface area (Å²) in [5.41, 5.74) is 0.729. The normalized spacial score (nSPS) is 10.5. The van der Waals surface area contributed by atoms with Gasteiger partial charge in [0, 0.05) is 25.7 Å². The number of nitrogens with one attached hydrogen (secondary N) is 1. The molecule has 0 heterocycles. The maximum Gasteiger partial charge on any atom is 0.330 e. The maximum atomic E-state index is 11.6. The van der Waals surface area contributed by atoms with Crippen molar-refractivity contribution in [3.05, 3.63) is 40.0 Å². The number of carbonyl (C=O) groups is 2. The molecule has 0 spiro atoms. The van der Waals surface area contributed by atoms with Crippen LogP contribution in [-0.2, 0) is 14.3 Å². The van der Waals surface area contributed by atoms with Crippen LogP contribution in [-0.4, -0.2) is 44.0 Å². The van der Waals surface area contributed by atoms with Gasteiger partial charge >= 0.3 is 5.97 Å². The average Bonchev–Trinajstić information content (AvgIpc) is 2.58. The van der Waals surface area contributed by atoms with Gasteiger partial charge in [-0.05, 0) is 24.1 Å². The molecule has 0 atom stereocenters. The Morgan fingerprint density at radius 3 is 2.67 bits per heavy atom. The number of ether oxygens (including phenoxy) is 1. The first-order valence-corrected chi connectivity index (χ1v) is 7.42. The Hall–Kier alpha value is -2.90. The highest BCUT2D eigenvalue weighted by Crippen LogP contribution is 2.30. The first-order valence-electron chi connectivity index (χ1n) is 7.42. The van der Waals surface area contributed by atoms with Crippen molar-refractivity contribution in [2.45, 2.75) is 13.3 Å². The molecule has 8 nitrogen and oxygen atoms in total. The van der Waals surface area contributed by atoms with E-state index in [1.165, 1.54) is 32.4 Å². The number of nitro groups is 1. The Morgan fingerprint density at radius 1 is 1.42 bits per heavy atom. The summed E-state index contributed by atoms with van der Waals surface area (Å²) in [7, 11) is 2.77.